The number of aliphatic imine (C=N–C) groups is 1. The first-order chi connectivity index (χ1) is 13.1. The monoisotopic (exact) mass is 392 g/mol. The number of nitrogens with zero attached hydrogens (tertiary/aromatic N) is 3. The second kappa shape index (κ2) is 9.76. The highest BCUT2D eigenvalue weighted by Gasteiger charge is 2.42. The molecule has 3 rings (SSSR count). The fourth-order valence-corrected chi connectivity index (χ4v) is 3.82. The molecule has 0 bridgehead atoms. The molecule has 150 valence electrons. The van der Waals surface area contributed by atoms with Gasteiger partial charge in [-0.05, 0) is 49.3 Å². The molecule has 0 spiro atoms. The van der Waals surface area contributed by atoms with Gasteiger partial charge >= 0.3 is 0 Å². The third kappa shape index (κ3) is 6.09. The lowest BCUT2D eigenvalue weighted by Gasteiger charge is -2.37. The highest BCUT2D eigenvalue weighted by molar-refractivity contribution is 6.30. The van der Waals surface area contributed by atoms with Crippen molar-refractivity contribution in [2.45, 2.75) is 32.7 Å². The lowest BCUT2D eigenvalue weighted by atomic mass is 10.0. The Balaban J connectivity index is 1.41. The maximum atomic E-state index is 5.98. The Kier molecular flexibility index (Phi) is 7.39. The molecular weight excluding hydrogens is 360 g/mol. The zero-order valence-corrected chi connectivity index (χ0v) is 17.5. The van der Waals surface area contributed by atoms with Crippen molar-refractivity contribution in [2.24, 2.45) is 10.4 Å². The van der Waals surface area contributed by atoms with Crippen molar-refractivity contribution in [3.63, 3.8) is 0 Å². The van der Waals surface area contributed by atoms with Crippen molar-refractivity contribution in [3.8, 4) is 0 Å². The van der Waals surface area contributed by atoms with Gasteiger partial charge in [0.05, 0.1) is 0 Å². The van der Waals surface area contributed by atoms with Crippen LogP contribution in [0.2, 0.25) is 5.02 Å². The average molecular weight is 393 g/mol. The molecule has 5 nitrogen and oxygen atoms in total. The van der Waals surface area contributed by atoms with Gasteiger partial charge in [0.1, 0.15) is 0 Å². The van der Waals surface area contributed by atoms with Crippen LogP contribution in [0.15, 0.2) is 29.3 Å². The minimum atomic E-state index is 0.432. The molecule has 0 atom stereocenters. The Morgan fingerprint density at radius 3 is 2.48 bits per heavy atom. The summed E-state index contributed by atoms with van der Waals surface area (Å²) in [6.45, 7) is 9.88. The number of hydrogen-bond acceptors (Lipinski definition) is 3. The van der Waals surface area contributed by atoms with Crippen LogP contribution in [0.4, 0.5) is 0 Å². The third-order valence-electron chi connectivity index (χ3n) is 5.76. The van der Waals surface area contributed by atoms with Gasteiger partial charge < -0.3 is 15.0 Å². The van der Waals surface area contributed by atoms with E-state index >= 15 is 0 Å². The molecular formula is C21H33ClN4O. The van der Waals surface area contributed by atoms with Crippen LogP contribution in [0.1, 0.15) is 31.7 Å². The minimum absolute atomic E-state index is 0.432. The van der Waals surface area contributed by atoms with Crippen LogP contribution in [0.3, 0.4) is 0 Å². The van der Waals surface area contributed by atoms with Gasteiger partial charge in [0, 0.05) is 64.6 Å². The molecule has 1 N–H and O–H groups in total. The van der Waals surface area contributed by atoms with Crippen molar-refractivity contribution in [1.29, 1.82) is 0 Å². The molecule has 1 aliphatic carbocycles. The number of hydrogen-bond donors (Lipinski definition) is 1. The van der Waals surface area contributed by atoms with E-state index in [-0.39, 0.29) is 0 Å². The quantitative estimate of drug-likeness (QED) is 0.419. The van der Waals surface area contributed by atoms with Crippen LogP contribution < -0.4 is 5.32 Å². The van der Waals surface area contributed by atoms with Gasteiger partial charge in [-0.15, -0.1) is 0 Å². The summed E-state index contributed by atoms with van der Waals surface area (Å²) in [5, 5.41) is 4.43. The summed E-state index contributed by atoms with van der Waals surface area (Å²) in [7, 11) is 1.89. The second-order valence-corrected chi connectivity index (χ2v) is 8.17. The molecule has 1 aromatic rings. The second-order valence-electron chi connectivity index (χ2n) is 7.74. The highest BCUT2D eigenvalue weighted by Crippen LogP contribution is 2.48. The molecule has 27 heavy (non-hydrogen) atoms. The van der Waals surface area contributed by atoms with E-state index in [4.69, 9.17) is 16.3 Å². The van der Waals surface area contributed by atoms with Crippen molar-refractivity contribution in [3.05, 3.63) is 34.9 Å². The van der Waals surface area contributed by atoms with E-state index in [1.54, 1.807) is 0 Å². The van der Waals surface area contributed by atoms with E-state index in [2.05, 4.69) is 39.2 Å². The number of halogens is 1. The Morgan fingerprint density at radius 1 is 1.19 bits per heavy atom. The fourth-order valence-electron chi connectivity index (χ4n) is 3.69. The zero-order valence-electron chi connectivity index (χ0n) is 16.7. The van der Waals surface area contributed by atoms with Gasteiger partial charge in [-0.3, -0.25) is 9.89 Å². The molecule has 1 saturated heterocycles. The lowest BCUT2D eigenvalue weighted by molar-refractivity contribution is 0.128. The number of benzene rings is 1. The number of nitrogens with one attached hydrogen (secondary N) is 1. The summed E-state index contributed by atoms with van der Waals surface area (Å²) in [6.07, 6.45) is 3.76. The predicted octanol–water partition coefficient (Wildman–Crippen LogP) is 3.24. The first-order valence-electron chi connectivity index (χ1n) is 10.1. The van der Waals surface area contributed by atoms with Crippen LogP contribution in [0, 0.1) is 5.41 Å². The van der Waals surface area contributed by atoms with Gasteiger partial charge in [-0.25, -0.2) is 0 Å². The van der Waals surface area contributed by atoms with Crippen molar-refractivity contribution >= 4 is 17.6 Å². The molecule has 0 amide bonds. The SMILES string of the molecule is CCOCCC1(CNC(=NC)N2CCN(Cc3ccc(Cl)cc3)CC2)CC1. The van der Waals surface area contributed by atoms with Gasteiger partial charge in [0.15, 0.2) is 5.96 Å². The van der Waals surface area contributed by atoms with Crippen LogP contribution in [-0.4, -0.2) is 68.7 Å². The fraction of sp³-hybridized carbons (Fsp3) is 0.667. The molecule has 0 aromatic heterocycles. The Labute approximate surface area is 168 Å². The first-order valence-corrected chi connectivity index (χ1v) is 10.5. The van der Waals surface area contributed by atoms with Gasteiger partial charge in [-0.1, -0.05) is 23.7 Å². The standard InChI is InChI=1S/C21H33ClN4O/c1-3-27-15-10-21(8-9-21)17-24-20(23-2)26-13-11-25(12-14-26)16-18-4-6-19(22)7-5-18/h4-7H,3,8-17H2,1-2H3,(H,23,24). The van der Waals surface area contributed by atoms with Crippen LogP contribution in [-0.2, 0) is 11.3 Å². The van der Waals surface area contributed by atoms with Gasteiger partial charge in [-0.2, -0.15) is 0 Å². The molecule has 0 unspecified atom stereocenters. The Hall–Kier alpha value is -1.30. The summed E-state index contributed by atoms with van der Waals surface area (Å²) in [5.41, 5.74) is 1.75. The average Bonchev–Trinajstić information content (AvgIpc) is 3.45. The largest absolute Gasteiger partial charge is 0.382 e. The number of guanidine groups is 1. The predicted molar refractivity (Wildman–Crippen MR) is 112 cm³/mol. The topological polar surface area (TPSA) is 40.1 Å². The molecule has 6 heteroatoms. The molecule has 0 radical (unpaired) electrons. The smallest absolute Gasteiger partial charge is 0.193 e. The number of ether oxygens (including phenoxy) is 1. The molecule has 1 aromatic carbocycles. The zero-order chi connectivity index (χ0) is 19.1. The van der Waals surface area contributed by atoms with E-state index in [0.717, 1.165) is 69.9 Å². The number of piperazine rings is 1. The number of rotatable bonds is 8. The Morgan fingerprint density at radius 2 is 1.89 bits per heavy atom. The van der Waals surface area contributed by atoms with E-state index in [0.29, 0.717) is 5.41 Å². The molecule has 1 aliphatic heterocycles. The summed E-state index contributed by atoms with van der Waals surface area (Å²) in [6, 6.07) is 8.18. The summed E-state index contributed by atoms with van der Waals surface area (Å²) >= 11 is 5.98. The first kappa shape index (κ1) is 20.4. The third-order valence-corrected chi connectivity index (χ3v) is 6.01. The molecule has 2 aliphatic rings. The molecule has 1 heterocycles. The van der Waals surface area contributed by atoms with Crippen LogP contribution >= 0.6 is 11.6 Å². The van der Waals surface area contributed by atoms with E-state index in [1.807, 2.05) is 19.2 Å². The molecule has 2 fully saturated rings. The maximum absolute atomic E-state index is 5.98. The summed E-state index contributed by atoms with van der Waals surface area (Å²) in [4.78, 5) is 9.41. The van der Waals surface area contributed by atoms with Gasteiger partial charge in [0.25, 0.3) is 0 Å². The normalized spacial score (nSPS) is 20.0. The van der Waals surface area contributed by atoms with Crippen molar-refractivity contribution in [2.75, 3.05) is 53.0 Å². The minimum Gasteiger partial charge on any atom is -0.382 e. The summed E-state index contributed by atoms with van der Waals surface area (Å²) in [5.74, 6) is 1.05. The highest BCUT2D eigenvalue weighted by atomic mass is 35.5. The van der Waals surface area contributed by atoms with Crippen molar-refractivity contribution in [1.82, 2.24) is 15.1 Å². The van der Waals surface area contributed by atoms with Gasteiger partial charge in [0.2, 0.25) is 0 Å². The van der Waals surface area contributed by atoms with E-state index < -0.39 is 0 Å². The van der Waals surface area contributed by atoms with Crippen molar-refractivity contribution < 1.29 is 4.74 Å². The lowest BCUT2D eigenvalue weighted by Crippen LogP contribution is -2.52. The Bertz CT molecular complexity index is 607. The van der Waals surface area contributed by atoms with E-state index in [9.17, 15) is 0 Å². The van der Waals surface area contributed by atoms with E-state index in [1.165, 1.54) is 18.4 Å². The maximum Gasteiger partial charge on any atom is 0.193 e. The molecule has 1 saturated carbocycles. The summed E-state index contributed by atoms with van der Waals surface area (Å²) < 4.78 is 5.54. The van der Waals surface area contributed by atoms with Crippen LogP contribution in [0.25, 0.3) is 0 Å². The van der Waals surface area contributed by atoms with Crippen LogP contribution in [0.5, 0.6) is 0 Å².